The highest BCUT2D eigenvalue weighted by Gasteiger charge is 2.32. The molecule has 1 amide bonds. The van der Waals surface area contributed by atoms with Crippen molar-refractivity contribution >= 4 is 23.5 Å². The second kappa shape index (κ2) is 4.56. The Hall–Kier alpha value is -0.510. The molecule has 2 fully saturated rings. The summed E-state index contributed by atoms with van der Waals surface area (Å²) in [5.74, 6) is 1.71. The molecule has 0 spiro atoms. The lowest BCUT2D eigenvalue weighted by Crippen LogP contribution is -2.46. The topological polar surface area (TPSA) is 37.4 Å². The number of carbonyl (C=O) groups is 2. The highest BCUT2D eigenvalue weighted by molar-refractivity contribution is 8.00. The van der Waals surface area contributed by atoms with Gasteiger partial charge in [-0.2, -0.15) is 0 Å². The quantitative estimate of drug-likeness (QED) is 0.678. The van der Waals surface area contributed by atoms with Crippen molar-refractivity contribution in [3.05, 3.63) is 0 Å². The van der Waals surface area contributed by atoms with Crippen molar-refractivity contribution in [2.24, 2.45) is 5.92 Å². The molecule has 0 saturated carbocycles. The molecule has 2 atom stereocenters. The van der Waals surface area contributed by atoms with Gasteiger partial charge in [-0.15, -0.1) is 11.8 Å². The highest BCUT2D eigenvalue weighted by Crippen LogP contribution is 2.28. The Balaban J connectivity index is 1.93. The molecule has 2 rings (SSSR count). The predicted molar refractivity (Wildman–Crippen MR) is 60.8 cm³/mol. The van der Waals surface area contributed by atoms with E-state index in [1.165, 1.54) is 0 Å². The number of amides is 1. The number of piperidine rings is 1. The minimum absolute atomic E-state index is 0.0362. The van der Waals surface area contributed by atoms with E-state index in [4.69, 9.17) is 0 Å². The summed E-state index contributed by atoms with van der Waals surface area (Å²) in [5, 5.41) is 0.172. The van der Waals surface area contributed by atoms with E-state index in [2.05, 4.69) is 0 Å². The lowest BCUT2D eigenvalue weighted by atomic mass is 9.98. The van der Waals surface area contributed by atoms with Gasteiger partial charge in [0.2, 0.25) is 5.91 Å². The molecule has 0 aromatic carbocycles. The molecule has 2 saturated heterocycles. The average Bonchev–Trinajstić information content (AvgIpc) is 2.74. The highest BCUT2D eigenvalue weighted by atomic mass is 32.2. The Labute approximate surface area is 94.6 Å². The van der Waals surface area contributed by atoms with Crippen LogP contribution in [0.25, 0.3) is 0 Å². The van der Waals surface area contributed by atoms with E-state index in [-0.39, 0.29) is 17.1 Å². The molecule has 0 bridgehead atoms. The SMILES string of the molecule is CC1CN(C(=O)C2CCCS2)CCC1=O. The maximum absolute atomic E-state index is 12.0. The second-order valence-electron chi connectivity index (χ2n) is 4.40. The molecule has 0 N–H and O–H groups in total. The molecule has 0 aliphatic carbocycles. The van der Waals surface area contributed by atoms with Crippen LogP contribution in [-0.4, -0.2) is 40.7 Å². The van der Waals surface area contributed by atoms with Gasteiger partial charge in [0.05, 0.1) is 5.25 Å². The Kier molecular flexibility index (Phi) is 3.34. The molecule has 0 aromatic rings. The summed E-state index contributed by atoms with van der Waals surface area (Å²) < 4.78 is 0. The Morgan fingerprint density at radius 2 is 2.33 bits per heavy atom. The van der Waals surface area contributed by atoms with Crippen molar-refractivity contribution in [2.75, 3.05) is 18.8 Å². The molecule has 0 aromatic heterocycles. The van der Waals surface area contributed by atoms with Gasteiger partial charge in [0.25, 0.3) is 0 Å². The van der Waals surface area contributed by atoms with Gasteiger partial charge >= 0.3 is 0 Å². The van der Waals surface area contributed by atoms with Crippen LogP contribution >= 0.6 is 11.8 Å². The fourth-order valence-corrected chi connectivity index (χ4v) is 3.43. The van der Waals surface area contributed by atoms with Gasteiger partial charge in [-0.05, 0) is 18.6 Å². The maximum atomic E-state index is 12.0. The molecule has 2 aliphatic rings. The van der Waals surface area contributed by atoms with Crippen LogP contribution in [0.2, 0.25) is 0 Å². The van der Waals surface area contributed by atoms with Crippen molar-refractivity contribution in [2.45, 2.75) is 31.4 Å². The van der Waals surface area contributed by atoms with E-state index in [0.717, 1.165) is 18.6 Å². The number of Topliss-reactive ketones (excluding diaryl/α,β-unsaturated/α-hetero) is 1. The zero-order chi connectivity index (χ0) is 10.8. The summed E-state index contributed by atoms with van der Waals surface area (Å²) >= 11 is 1.77. The minimum atomic E-state index is 0.0362. The fraction of sp³-hybridized carbons (Fsp3) is 0.818. The first-order chi connectivity index (χ1) is 7.18. The smallest absolute Gasteiger partial charge is 0.235 e. The fourth-order valence-electron chi connectivity index (χ4n) is 2.19. The zero-order valence-corrected chi connectivity index (χ0v) is 9.89. The van der Waals surface area contributed by atoms with Crippen molar-refractivity contribution in [1.82, 2.24) is 4.90 Å². The van der Waals surface area contributed by atoms with Gasteiger partial charge in [-0.25, -0.2) is 0 Å². The number of thioether (sulfide) groups is 1. The van der Waals surface area contributed by atoms with Crippen LogP contribution in [0.1, 0.15) is 26.2 Å². The molecular weight excluding hydrogens is 210 g/mol. The van der Waals surface area contributed by atoms with Crippen LogP contribution in [0.4, 0.5) is 0 Å². The van der Waals surface area contributed by atoms with Gasteiger partial charge < -0.3 is 4.90 Å². The van der Waals surface area contributed by atoms with Crippen LogP contribution in [-0.2, 0) is 9.59 Å². The van der Waals surface area contributed by atoms with E-state index < -0.39 is 0 Å². The number of nitrogens with zero attached hydrogens (tertiary/aromatic N) is 1. The normalized spacial score (nSPS) is 32.1. The molecule has 3 nitrogen and oxygen atoms in total. The third kappa shape index (κ3) is 2.36. The molecule has 4 heteroatoms. The first-order valence-electron chi connectivity index (χ1n) is 5.61. The van der Waals surface area contributed by atoms with Crippen LogP contribution in [0, 0.1) is 5.92 Å². The molecule has 2 unspecified atom stereocenters. The molecule has 2 aliphatic heterocycles. The monoisotopic (exact) mass is 227 g/mol. The van der Waals surface area contributed by atoms with E-state index in [9.17, 15) is 9.59 Å². The number of hydrogen-bond acceptors (Lipinski definition) is 3. The van der Waals surface area contributed by atoms with Crippen molar-refractivity contribution in [3.63, 3.8) is 0 Å². The number of hydrogen-bond donors (Lipinski definition) is 0. The summed E-state index contributed by atoms with van der Waals surface area (Å²) in [5.41, 5.74) is 0. The van der Waals surface area contributed by atoms with Gasteiger partial charge in [-0.3, -0.25) is 9.59 Å². The largest absolute Gasteiger partial charge is 0.341 e. The van der Waals surface area contributed by atoms with E-state index in [1.807, 2.05) is 11.8 Å². The van der Waals surface area contributed by atoms with Crippen LogP contribution < -0.4 is 0 Å². The van der Waals surface area contributed by atoms with Gasteiger partial charge in [-0.1, -0.05) is 6.92 Å². The maximum Gasteiger partial charge on any atom is 0.235 e. The summed E-state index contributed by atoms with van der Waals surface area (Å²) in [7, 11) is 0. The molecule has 2 heterocycles. The number of likely N-dealkylation sites (tertiary alicyclic amines) is 1. The summed E-state index contributed by atoms with van der Waals surface area (Å²) in [4.78, 5) is 25.3. The Bertz CT molecular complexity index is 274. The lowest BCUT2D eigenvalue weighted by molar-refractivity contribution is -0.136. The van der Waals surface area contributed by atoms with E-state index in [0.29, 0.717) is 25.3 Å². The molecule has 0 radical (unpaired) electrons. The summed E-state index contributed by atoms with van der Waals surface area (Å²) in [6.45, 7) is 3.19. The third-order valence-corrected chi connectivity index (χ3v) is 4.55. The first-order valence-corrected chi connectivity index (χ1v) is 6.66. The summed E-state index contributed by atoms with van der Waals surface area (Å²) in [6.07, 6.45) is 2.72. The molecule has 15 heavy (non-hydrogen) atoms. The van der Waals surface area contributed by atoms with Gasteiger partial charge in [0.15, 0.2) is 0 Å². The molecular formula is C11H17NO2S. The van der Waals surface area contributed by atoms with Gasteiger partial charge in [0, 0.05) is 25.4 Å². The Morgan fingerprint density at radius 1 is 1.53 bits per heavy atom. The van der Waals surface area contributed by atoms with Crippen molar-refractivity contribution in [3.8, 4) is 0 Å². The van der Waals surface area contributed by atoms with E-state index >= 15 is 0 Å². The van der Waals surface area contributed by atoms with E-state index in [1.54, 1.807) is 11.8 Å². The standard InChI is InChI=1S/C11H17NO2S/c1-8-7-12(5-4-9(8)13)11(14)10-3-2-6-15-10/h8,10H,2-7H2,1H3. The number of ketones is 1. The van der Waals surface area contributed by atoms with Crippen molar-refractivity contribution < 1.29 is 9.59 Å². The number of carbonyl (C=O) groups excluding carboxylic acids is 2. The van der Waals surface area contributed by atoms with Crippen molar-refractivity contribution in [1.29, 1.82) is 0 Å². The third-order valence-electron chi connectivity index (χ3n) is 3.19. The predicted octanol–water partition coefficient (Wildman–Crippen LogP) is 1.32. The van der Waals surface area contributed by atoms with Crippen LogP contribution in [0.3, 0.4) is 0 Å². The number of rotatable bonds is 1. The zero-order valence-electron chi connectivity index (χ0n) is 9.07. The first kappa shape index (κ1) is 11.0. The second-order valence-corrected chi connectivity index (χ2v) is 5.71. The minimum Gasteiger partial charge on any atom is -0.341 e. The average molecular weight is 227 g/mol. The van der Waals surface area contributed by atoms with Gasteiger partial charge in [0.1, 0.15) is 5.78 Å². The van der Waals surface area contributed by atoms with Crippen LogP contribution in [0.5, 0.6) is 0 Å². The molecule has 84 valence electrons. The lowest BCUT2D eigenvalue weighted by Gasteiger charge is -2.31. The summed E-state index contributed by atoms with van der Waals surface area (Å²) in [6, 6.07) is 0. The Morgan fingerprint density at radius 3 is 2.93 bits per heavy atom. The van der Waals surface area contributed by atoms with Crippen LogP contribution in [0.15, 0.2) is 0 Å².